The van der Waals surface area contributed by atoms with Crippen molar-refractivity contribution in [3.8, 4) is 0 Å². The van der Waals surface area contributed by atoms with Crippen LogP contribution in [0.5, 0.6) is 0 Å². The van der Waals surface area contributed by atoms with Crippen LogP contribution in [0.1, 0.15) is 11.3 Å². The van der Waals surface area contributed by atoms with Gasteiger partial charge in [-0.2, -0.15) is 0 Å². The van der Waals surface area contributed by atoms with E-state index < -0.39 is 0 Å². The van der Waals surface area contributed by atoms with E-state index in [-0.39, 0.29) is 6.10 Å². The Morgan fingerprint density at radius 2 is 2.09 bits per heavy atom. The van der Waals surface area contributed by atoms with Crippen LogP contribution in [0.4, 0.5) is 0 Å². The molecule has 1 atom stereocenters. The number of nitrogens with one attached hydrogen (secondary N) is 2. The molecule has 114 valence electrons. The van der Waals surface area contributed by atoms with Crippen molar-refractivity contribution >= 4 is 21.6 Å². The monoisotopic (exact) mass is 360 g/mol. The summed E-state index contributed by atoms with van der Waals surface area (Å²) in [6.45, 7) is 1.67. The minimum atomic E-state index is 0.0119. The van der Waals surface area contributed by atoms with Gasteiger partial charge in [0.1, 0.15) is 6.10 Å². The molecule has 1 unspecified atom stereocenters. The van der Waals surface area contributed by atoms with Gasteiger partial charge in [0, 0.05) is 29.6 Å². The molecule has 0 bridgehead atoms. The van der Waals surface area contributed by atoms with E-state index in [1.165, 1.54) is 5.56 Å². The van der Waals surface area contributed by atoms with E-state index >= 15 is 0 Å². The fourth-order valence-corrected chi connectivity index (χ4v) is 2.43. The summed E-state index contributed by atoms with van der Waals surface area (Å²) >= 11 is 3.38. The molecule has 0 saturated carbocycles. The van der Waals surface area contributed by atoms with Gasteiger partial charge in [-0.3, -0.25) is 20.3 Å². The van der Waals surface area contributed by atoms with E-state index in [1.54, 1.807) is 6.20 Å². The van der Waals surface area contributed by atoms with E-state index in [4.69, 9.17) is 4.84 Å². The lowest BCUT2D eigenvalue weighted by molar-refractivity contribution is 0.0518. The van der Waals surface area contributed by atoms with Gasteiger partial charge < -0.3 is 5.32 Å². The number of pyridine rings is 2. The molecule has 0 radical (unpaired) electrons. The van der Waals surface area contributed by atoms with Crippen LogP contribution < -0.4 is 10.8 Å². The Labute approximate surface area is 137 Å². The molecular formula is C16H17BrN4O. The van der Waals surface area contributed by atoms with Crippen molar-refractivity contribution in [2.45, 2.75) is 12.5 Å². The highest BCUT2D eigenvalue weighted by atomic mass is 79.9. The number of halogens is 1. The molecule has 3 heterocycles. The lowest BCUT2D eigenvalue weighted by atomic mass is 10.2. The van der Waals surface area contributed by atoms with Gasteiger partial charge in [0.25, 0.3) is 0 Å². The second-order valence-corrected chi connectivity index (χ2v) is 5.93. The second kappa shape index (κ2) is 7.49. The zero-order chi connectivity index (χ0) is 15.2. The van der Waals surface area contributed by atoms with Crippen molar-refractivity contribution in [3.63, 3.8) is 0 Å². The maximum Gasteiger partial charge on any atom is 0.118 e. The van der Waals surface area contributed by atoms with Crippen LogP contribution in [-0.4, -0.2) is 29.2 Å². The van der Waals surface area contributed by atoms with Crippen LogP contribution in [0.2, 0.25) is 0 Å². The number of nitrogens with zero attached hydrogens (tertiary/aromatic N) is 2. The predicted octanol–water partition coefficient (Wildman–Crippen LogP) is 2.32. The number of hydrogen-bond acceptors (Lipinski definition) is 5. The van der Waals surface area contributed by atoms with E-state index in [2.05, 4.69) is 42.8 Å². The zero-order valence-corrected chi connectivity index (χ0v) is 13.6. The van der Waals surface area contributed by atoms with E-state index in [0.29, 0.717) is 0 Å². The highest BCUT2D eigenvalue weighted by molar-refractivity contribution is 9.10. The largest absolute Gasteiger partial charge is 0.313 e. The third-order valence-corrected chi connectivity index (χ3v) is 3.83. The van der Waals surface area contributed by atoms with Crippen LogP contribution >= 0.6 is 15.9 Å². The summed E-state index contributed by atoms with van der Waals surface area (Å²) in [5, 5.41) is 3.40. The van der Waals surface area contributed by atoms with Crippen LogP contribution in [0.25, 0.3) is 5.70 Å². The summed E-state index contributed by atoms with van der Waals surface area (Å²) in [4.78, 5) is 13.9. The standard InChI is InChI=1S/C16H17BrN4O/c17-13-1-2-15(20-10-13)16-9-14(22-21-16)11-19-8-5-12-3-6-18-7-4-12/h1-4,6-7,9-10,14,19,21H,5,8,11H2. The molecule has 5 nitrogen and oxygen atoms in total. The normalized spacial score (nSPS) is 17.1. The van der Waals surface area contributed by atoms with Gasteiger partial charge in [-0.05, 0) is 64.8 Å². The molecule has 0 aromatic carbocycles. The lowest BCUT2D eigenvalue weighted by Gasteiger charge is -2.09. The van der Waals surface area contributed by atoms with Crippen molar-refractivity contribution < 1.29 is 4.84 Å². The number of hydroxylamine groups is 1. The van der Waals surface area contributed by atoms with Crippen molar-refractivity contribution in [2.24, 2.45) is 0 Å². The minimum absolute atomic E-state index is 0.0119. The molecule has 2 aromatic heterocycles. The van der Waals surface area contributed by atoms with Gasteiger partial charge in [-0.15, -0.1) is 0 Å². The molecule has 22 heavy (non-hydrogen) atoms. The Kier molecular flexibility index (Phi) is 5.15. The van der Waals surface area contributed by atoms with Crippen molar-refractivity contribution in [1.82, 2.24) is 20.8 Å². The first-order chi connectivity index (χ1) is 10.8. The molecule has 0 aliphatic carbocycles. The Balaban J connectivity index is 1.45. The first-order valence-electron chi connectivity index (χ1n) is 7.16. The highest BCUT2D eigenvalue weighted by Crippen LogP contribution is 2.17. The molecule has 0 amide bonds. The summed E-state index contributed by atoms with van der Waals surface area (Å²) in [6.07, 6.45) is 8.46. The average Bonchev–Trinajstić information content (AvgIpc) is 3.02. The topological polar surface area (TPSA) is 59.1 Å². The molecule has 0 saturated heterocycles. The van der Waals surface area contributed by atoms with Gasteiger partial charge >= 0.3 is 0 Å². The fourth-order valence-electron chi connectivity index (χ4n) is 2.19. The third-order valence-electron chi connectivity index (χ3n) is 3.36. The minimum Gasteiger partial charge on any atom is -0.313 e. The molecule has 2 N–H and O–H groups in total. The van der Waals surface area contributed by atoms with Crippen LogP contribution in [0.15, 0.2) is 53.4 Å². The van der Waals surface area contributed by atoms with Crippen LogP contribution in [-0.2, 0) is 11.3 Å². The van der Waals surface area contributed by atoms with Gasteiger partial charge in [-0.25, -0.2) is 0 Å². The molecule has 1 aliphatic heterocycles. The quantitative estimate of drug-likeness (QED) is 0.774. The van der Waals surface area contributed by atoms with Gasteiger partial charge in [0.2, 0.25) is 0 Å². The average molecular weight is 361 g/mol. The van der Waals surface area contributed by atoms with Crippen LogP contribution in [0.3, 0.4) is 0 Å². The summed E-state index contributed by atoms with van der Waals surface area (Å²) in [7, 11) is 0. The molecule has 6 heteroatoms. The SMILES string of the molecule is Brc1ccc(C2=CC(CNCCc3ccncc3)ON2)nc1. The van der Waals surface area contributed by atoms with Crippen molar-refractivity contribution in [2.75, 3.05) is 13.1 Å². The maximum absolute atomic E-state index is 5.54. The Bertz CT molecular complexity index is 630. The number of hydrogen-bond donors (Lipinski definition) is 2. The van der Waals surface area contributed by atoms with Gasteiger partial charge in [-0.1, -0.05) is 0 Å². The third kappa shape index (κ3) is 4.13. The molecule has 3 rings (SSSR count). The van der Waals surface area contributed by atoms with Crippen LogP contribution in [0, 0.1) is 0 Å². The summed E-state index contributed by atoms with van der Waals surface area (Å²) in [6, 6.07) is 7.98. The maximum atomic E-state index is 5.54. The predicted molar refractivity (Wildman–Crippen MR) is 88.7 cm³/mol. The highest BCUT2D eigenvalue weighted by Gasteiger charge is 2.17. The second-order valence-electron chi connectivity index (χ2n) is 5.01. The Morgan fingerprint density at radius 1 is 1.23 bits per heavy atom. The van der Waals surface area contributed by atoms with Gasteiger partial charge in [0.05, 0.1) is 11.4 Å². The number of rotatable bonds is 6. The molecule has 0 fully saturated rings. The number of aromatic nitrogens is 2. The molecular weight excluding hydrogens is 344 g/mol. The Hall–Kier alpha value is -1.76. The first-order valence-corrected chi connectivity index (χ1v) is 7.95. The first kappa shape index (κ1) is 15.1. The van der Waals surface area contributed by atoms with Gasteiger partial charge in [0.15, 0.2) is 0 Å². The molecule has 1 aliphatic rings. The van der Waals surface area contributed by atoms with E-state index in [9.17, 15) is 0 Å². The lowest BCUT2D eigenvalue weighted by Crippen LogP contribution is -2.29. The van der Waals surface area contributed by atoms with Crippen molar-refractivity contribution in [3.05, 3.63) is 64.7 Å². The smallest absolute Gasteiger partial charge is 0.118 e. The van der Waals surface area contributed by atoms with E-state index in [0.717, 1.165) is 35.4 Å². The summed E-state index contributed by atoms with van der Waals surface area (Å²) in [5.41, 5.74) is 6.00. The van der Waals surface area contributed by atoms with Crippen molar-refractivity contribution in [1.29, 1.82) is 0 Å². The van der Waals surface area contributed by atoms with E-state index in [1.807, 2.05) is 36.7 Å². The summed E-state index contributed by atoms with van der Waals surface area (Å²) < 4.78 is 0.963. The summed E-state index contributed by atoms with van der Waals surface area (Å²) in [5.74, 6) is 0. The zero-order valence-electron chi connectivity index (χ0n) is 12.0. The molecule has 0 spiro atoms. The molecule has 2 aromatic rings. The fraction of sp³-hybridized carbons (Fsp3) is 0.250. The Morgan fingerprint density at radius 3 is 2.86 bits per heavy atom.